The SMILES string of the molecule is N#CC(=CNc1ccc(Cl)c(S(=O)(=O)O)c1)c1nn[nH]n1. The molecule has 0 atom stereocenters. The Bertz CT molecular complexity index is 825. The number of hydrogen-bond donors (Lipinski definition) is 3. The molecule has 0 saturated heterocycles. The fraction of sp³-hybridized carbons (Fsp3) is 0. The van der Waals surface area contributed by atoms with Gasteiger partial charge >= 0.3 is 0 Å². The normalized spacial score (nSPS) is 12.0. The smallest absolute Gasteiger partial charge is 0.296 e. The average Bonchev–Trinajstić information content (AvgIpc) is 2.94. The van der Waals surface area contributed by atoms with Gasteiger partial charge < -0.3 is 5.32 Å². The molecule has 9 nitrogen and oxygen atoms in total. The van der Waals surface area contributed by atoms with E-state index < -0.39 is 15.0 Å². The van der Waals surface area contributed by atoms with Gasteiger partial charge in [-0.3, -0.25) is 4.55 Å². The summed E-state index contributed by atoms with van der Waals surface area (Å²) >= 11 is 5.68. The highest BCUT2D eigenvalue weighted by Gasteiger charge is 2.15. The number of nitriles is 1. The molecule has 0 amide bonds. The lowest BCUT2D eigenvalue weighted by atomic mass is 10.3. The lowest BCUT2D eigenvalue weighted by Crippen LogP contribution is -2.00. The quantitative estimate of drug-likeness (QED) is 0.559. The van der Waals surface area contributed by atoms with Gasteiger partial charge in [-0.05, 0) is 23.4 Å². The Hall–Kier alpha value is -2.48. The summed E-state index contributed by atoms with van der Waals surface area (Å²) in [5.74, 6) is 0.0777. The second kappa shape index (κ2) is 5.88. The van der Waals surface area contributed by atoms with Crippen LogP contribution in [-0.2, 0) is 10.1 Å². The molecule has 108 valence electrons. The van der Waals surface area contributed by atoms with Crippen molar-refractivity contribution in [2.75, 3.05) is 5.32 Å². The Balaban J connectivity index is 2.31. The van der Waals surface area contributed by atoms with Gasteiger partial charge in [0, 0.05) is 11.9 Å². The number of anilines is 1. The fourth-order valence-electron chi connectivity index (χ4n) is 1.37. The van der Waals surface area contributed by atoms with Gasteiger partial charge in [0.05, 0.1) is 5.02 Å². The Morgan fingerprint density at radius 3 is 2.86 bits per heavy atom. The number of hydrogen-bond acceptors (Lipinski definition) is 7. The van der Waals surface area contributed by atoms with E-state index in [1.54, 1.807) is 0 Å². The number of aromatic amines is 1. The van der Waals surface area contributed by atoms with Crippen LogP contribution in [0.1, 0.15) is 5.82 Å². The largest absolute Gasteiger partial charge is 0.360 e. The molecule has 0 radical (unpaired) electrons. The molecule has 1 aromatic carbocycles. The van der Waals surface area contributed by atoms with Crippen LogP contribution in [0.25, 0.3) is 5.57 Å². The lowest BCUT2D eigenvalue weighted by Gasteiger charge is -2.05. The predicted octanol–water partition coefficient (Wildman–Crippen LogP) is 1.08. The highest BCUT2D eigenvalue weighted by Crippen LogP contribution is 2.25. The summed E-state index contributed by atoms with van der Waals surface area (Å²) in [5.41, 5.74) is 0.371. The van der Waals surface area contributed by atoms with Crippen molar-refractivity contribution in [2.45, 2.75) is 4.90 Å². The van der Waals surface area contributed by atoms with Crippen LogP contribution < -0.4 is 5.32 Å². The summed E-state index contributed by atoms with van der Waals surface area (Å²) in [5, 5.41) is 24.3. The minimum absolute atomic E-state index is 0.0760. The maximum atomic E-state index is 11.1. The van der Waals surface area contributed by atoms with E-state index >= 15 is 0 Å². The molecule has 2 aromatic rings. The number of nitrogens with zero attached hydrogens (tertiary/aromatic N) is 4. The Morgan fingerprint density at radius 2 is 2.29 bits per heavy atom. The summed E-state index contributed by atoms with van der Waals surface area (Å²) in [6.45, 7) is 0. The summed E-state index contributed by atoms with van der Waals surface area (Å²) in [7, 11) is -4.44. The van der Waals surface area contributed by atoms with Crippen molar-refractivity contribution in [1.29, 1.82) is 5.26 Å². The summed E-state index contributed by atoms with van der Waals surface area (Å²) in [6.07, 6.45) is 1.27. The molecule has 0 aliphatic carbocycles. The van der Waals surface area contributed by atoms with Crippen molar-refractivity contribution < 1.29 is 13.0 Å². The van der Waals surface area contributed by atoms with Crippen LogP contribution in [0.2, 0.25) is 5.02 Å². The van der Waals surface area contributed by atoms with Gasteiger partial charge in [-0.15, -0.1) is 10.2 Å². The zero-order valence-electron chi connectivity index (χ0n) is 10.1. The van der Waals surface area contributed by atoms with Crippen LogP contribution in [0.5, 0.6) is 0 Å². The summed E-state index contributed by atoms with van der Waals surface area (Å²) < 4.78 is 31.3. The van der Waals surface area contributed by atoms with Gasteiger partial charge in [0.2, 0.25) is 5.82 Å². The zero-order valence-corrected chi connectivity index (χ0v) is 11.7. The van der Waals surface area contributed by atoms with Crippen LogP contribution in [0, 0.1) is 11.3 Å². The standard InChI is InChI=1S/C10H7ClN6O3S/c11-8-2-1-7(3-9(8)21(18,19)20)13-5-6(4-12)10-14-16-17-15-10/h1-3,5,13H,(H,18,19,20)(H,14,15,16,17). The minimum atomic E-state index is -4.44. The van der Waals surface area contributed by atoms with E-state index in [0.29, 0.717) is 5.69 Å². The van der Waals surface area contributed by atoms with Gasteiger partial charge in [-0.2, -0.15) is 18.9 Å². The minimum Gasteiger partial charge on any atom is -0.360 e. The molecule has 0 unspecified atom stereocenters. The van der Waals surface area contributed by atoms with Crippen molar-refractivity contribution in [3.05, 3.63) is 35.2 Å². The predicted molar refractivity (Wildman–Crippen MR) is 72.7 cm³/mol. The second-order valence-electron chi connectivity index (χ2n) is 3.67. The first kappa shape index (κ1) is 14.9. The maximum Gasteiger partial charge on any atom is 0.296 e. The molecular weight excluding hydrogens is 320 g/mol. The Kier molecular flexibility index (Phi) is 4.18. The first-order valence-corrected chi connectivity index (χ1v) is 7.11. The number of allylic oxidation sites excluding steroid dienone is 1. The first-order chi connectivity index (χ1) is 9.91. The third kappa shape index (κ3) is 3.54. The van der Waals surface area contributed by atoms with Crippen molar-refractivity contribution in [3.8, 4) is 6.07 Å². The highest BCUT2D eigenvalue weighted by molar-refractivity contribution is 7.86. The van der Waals surface area contributed by atoms with Crippen LogP contribution in [0.3, 0.4) is 0 Å². The van der Waals surface area contributed by atoms with E-state index in [1.807, 2.05) is 6.07 Å². The molecular formula is C10H7ClN6O3S. The fourth-order valence-corrected chi connectivity index (χ4v) is 2.37. The number of aromatic nitrogens is 4. The number of H-pyrrole nitrogens is 1. The van der Waals surface area contributed by atoms with Crippen molar-refractivity contribution >= 4 is 33.0 Å². The van der Waals surface area contributed by atoms with Crippen molar-refractivity contribution in [2.24, 2.45) is 0 Å². The third-order valence-electron chi connectivity index (χ3n) is 2.30. The van der Waals surface area contributed by atoms with E-state index in [2.05, 4.69) is 25.9 Å². The second-order valence-corrected chi connectivity index (χ2v) is 5.47. The van der Waals surface area contributed by atoms with Crippen LogP contribution in [-0.4, -0.2) is 33.6 Å². The number of benzene rings is 1. The van der Waals surface area contributed by atoms with E-state index in [0.717, 1.165) is 6.07 Å². The molecule has 0 fully saturated rings. The van der Waals surface area contributed by atoms with Gasteiger partial charge in [0.1, 0.15) is 16.5 Å². The van der Waals surface area contributed by atoms with Crippen molar-refractivity contribution in [1.82, 2.24) is 20.6 Å². The summed E-state index contributed by atoms with van der Waals surface area (Å²) in [6, 6.07) is 5.74. The highest BCUT2D eigenvalue weighted by atomic mass is 35.5. The van der Waals surface area contributed by atoms with Crippen molar-refractivity contribution in [3.63, 3.8) is 0 Å². The van der Waals surface area contributed by atoms with Crippen LogP contribution in [0.4, 0.5) is 5.69 Å². The number of halogens is 1. The van der Waals surface area contributed by atoms with Gasteiger partial charge in [-0.25, -0.2) is 0 Å². The third-order valence-corrected chi connectivity index (χ3v) is 3.63. The molecule has 0 aliphatic rings. The maximum absolute atomic E-state index is 11.1. The van der Waals surface area contributed by atoms with Crippen LogP contribution in [0.15, 0.2) is 29.3 Å². The Morgan fingerprint density at radius 1 is 1.52 bits per heavy atom. The summed E-state index contributed by atoms with van der Waals surface area (Å²) in [4.78, 5) is -0.444. The topological polar surface area (TPSA) is 145 Å². The molecule has 21 heavy (non-hydrogen) atoms. The monoisotopic (exact) mass is 326 g/mol. The molecule has 0 saturated carbocycles. The van der Waals surface area contributed by atoms with E-state index in [1.165, 1.54) is 18.3 Å². The van der Waals surface area contributed by atoms with E-state index in [-0.39, 0.29) is 16.4 Å². The Labute approximate surface area is 124 Å². The molecule has 1 aromatic heterocycles. The molecule has 0 aliphatic heterocycles. The van der Waals surface area contributed by atoms with Gasteiger partial charge in [0.25, 0.3) is 10.1 Å². The average molecular weight is 327 g/mol. The molecule has 11 heteroatoms. The zero-order chi connectivity index (χ0) is 15.5. The van der Waals surface area contributed by atoms with Crippen LogP contribution >= 0.6 is 11.6 Å². The molecule has 0 bridgehead atoms. The molecule has 1 heterocycles. The first-order valence-electron chi connectivity index (χ1n) is 5.29. The van der Waals surface area contributed by atoms with E-state index in [4.69, 9.17) is 21.4 Å². The van der Waals surface area contributed by atoms with Gasteiger partial charge in [0.15, 0.2) is 0 Å². The van der Waals surface area contributed by atoms with E-state index in [9.17, 15) is 8.42 Å². The number of nitrogens with one attached hydrogen (secondary N) is 2. The molecule has 3 N–H and O–H groups in total. The number of rotatable bonds is 4. The number of tetrazole rings is 1. The molecule has 0 spiro atoms. The van der Waals surface area contributed by atoms with Gasteiger partial charge in [-0.1, -0.05) is 11.6 Å². The lowest BCUT2D eigenvalue weighted by molar-refractivity contribution is 0.483. The molecule has 2 rings (SSSR count).